The van der Waals surface area contributed by atoms with Crippen LogP contribution in [0.1, 0.15) is 142 Å². The average Bonchev–Trinajstić information content (AvgIpc) is 2.86. The standard InChI is InChI=1S/C30H62O5/c1-2-3-4-5-6-7-8-9-10-11-12-13-14-15-16-17-18-19-20-21-22-30(32)29-35-28-27-34-26-25-33-24-23-31/h30-32H,2-29H2,1H3. The molecule has 5 heteroatoms. The molecular weight excluding hydrogens is 440 g/mol. The molecule has 212 valence electrons. The number of rotatable bonds is 31. The summed E-state index contributed by atoms with van der Waals surface area (Å²) in [6.45, 7) is 5.08. The van der Waals surface area contributed by atoms with Crippen molar-refractivity contribution in [3.8, 4) is 0 Å². The van der Waals surface area contributed by atoms with E-state index in [1.54, 1.807) is 0 Å². The van der Waals surface area contributed by atoms with Crippen LogP contribution in [0, 0.1) is 0 Å². The summed E-state index contributed by atoms with van der Waals surface area (Å²) < 4.78 is 15.9. The van der Waals surface area contributed by atoms with Crippen molar-refractivity contribution in [3.63, 3.8) is 0 Å². The van der Waals surface area contributed by atoms with Gasteiger partial charge in [-0.3, -0.25) is 0 Å². The Balaban J connectivity index is 3.11. The smallest absolute Gasteiger partial charge is 0.0773 e. The molecule has 0 aromatic heterocycles. The molecule has 0 fully saturated rings. The third-order valence-electron chi connectivity index (χ3n) is 6.68. The van der Waals surface area contributed by atoms with E-state index in [1.165, 1.54) is 122 Å². The van der Waals surface area contributed by atoms with Gasteiger partial charge in [-0.1, -0.05) is 135 Å². The Morgan fingerprint density at radius 2 is 0.800 bits per heavy atom. The van der Waals surface area contributed by atoms with E-state index in [2.05, 4.69) is 6.92 Å². The van der Waals surface area contributed by atoms with Crippen molar-refractivity contribution >= 4 is 0 Å². The van der Waals surface area contributed by atoms with Gasteiger partial charge in [0.15, 0.2) is 0 Å². The number of aliphatic hydroxyl groups excluding tert-OH is 2. The Kier molecular flexibility index (Phi) is 31.6. The summed E-state index contributed by atoms with van der Waals surface area (Å²) in [5, 5.41) is 18.6. The lowest BCUT2D eigenvalue weighted by Gasteiger charge is -2.11. The first-order chi connectivity index (χ1) is 17.3. The molecule has 2 N–H and O–H groups in total. The maximum atomic E-state index is 9.99. The van der Waals surface area contributed by atoms with E-state index in [0.717, 1.165) is 12.8 Å². The summed E-state index contributed by atoms with van der Waals surface area (Å²) in [6.07, 6.45) is 28.3. The highest BCUT2D eigenvalue weighted by Crippen LogP contribution is 2.15. The molecule has 0 aliphatic rings. The summed E-state index contributed by atoms with van der Waals surface area (Å²) in [7, 11) is 0. The fourth-order valence-electron chi connectivity index (χ4n) is 4.44. The van der Waals surface area contributed by atoms with Crippen LogP contribution in [0.2, 0.25) is 0 Å². The van der Waals surface area contributed by atoms with Gasteiger partial charge < -0.3 is 24.4 Å². The first-order valence-electron chi connectivity index (χ1n) is 15.3. The molecule has 0 spiro atoms. The van der Waals surface area contributed by atoms with E-state index in [1.807, 2.05) is 0 Å². The highest BCUT2D eigenvalue weighted by molar-refractivity contribution is 4.56. The normalized spacial score (nSPS) is 12.4. The summed E-state index contributed by atoms with van der Waals surface area (Å²) in [4.78, 5) is 0. The van der Waals surface area contributed by atoms with Gasteiger partial charge in [0, 0.05) is 0 Å². The fraction of sp³-hybridized carbons (Fsp3) is 1.00. The number of unbranched alkanes of at least 4 members (excludes halogenated alkanes) is 19. The molecule has 0 saturated heterocycles. The minimum atomic E-state index is -0.363. The Bertz CT molecular complexity index is 367. The molecule has 0 rings (SSSR count). The fourth-order valence-corrected chi connectivity index (χ4v) is 4.44. The minimum Gasteiger partial charge on any atom is -0.394 e. The number of hydrogen-bond donors (Lipinski definition) is 2. The van der Waals surface area contributed by atoms with Gasteiger partial charge in [0.05, 0.1) is 52.4 Å². The van der Waals surface area contributed by atoms with Crippen molar-refractivity contribution < 1.29 is 24.4 Å². The van der Waals surface area contributed by atoms with E-state index in [-0.39, 0.29) is 12.7 Å². The van der Waals surface area contributed by atoms with E-state index < -0.39 is 0 Å². The SMILES string of the molecule is CCCCCCCCCCCCCCCCCCCCCCC(O)COCCOCCOCCO. The largest absolute Gasteiger partial charge is 0.394 e. The van der Waals surface area contributed by atoms with E-state index in [9.17, 15) is 5.11 Å². The summed E-state index contributed by atoms with van der Waals surface area (Å²) in [6, 6.07) is 0. The predicted molar refractivity (Wildman–Crippen MR) is 148 cm³/mol. The van der Waals surface area contributed by atoms with Crippen LogP contribution in [-0.4, -0.2) is 62.6 Å². The highest BCUT2D eigenvalue weighted by atomic mass is 16.5. The minimum absolute atomic E-state index is 0.0422. The Hall–Kier alpha value is -0.200. The van der Waals surface area contributed by atoms with E-state index >= 15 is 0 Å². The molecule has 35 heavy (non-hydrogen) atoms. The van der Waals surface area contributed by atoms with Crippen molar-refractivity contribution in [1.82, 2.24) is 0 Å². The van der Waals surface area contributed by atoms with Gasteiger partial charge in [0.2, 0.25) is 0 Å². The second-order valence-corrected chi connectivity index (χ2v) is 10.2. The molecule has 0 radical (unpaired) electrons. The Labute approximate surface area is 218 Å². The third-order valence-corrected chi connectivity index (χ3v) is 6.68. The van der Waals surface area contributed by atoms with Crippen molar-refractivity contribution in [2.24, 2.45) is 0 Å². The van der Waals surface area contributed by atoms with Crippen molar-refractivity contribution in [1.29, 1.82) is 0 Å². The number of hydrogen-bond acceptors (Lipinski definition) is 5. The second kappa shape index (κ2) is 31.8. The lowest BCUT2D eigenvalue weighted by molar-refractivity contribution is -0.0144. The number of ether oxygens (including phenoxy) is 3. The van der Waals surface area contributed by atoms with Crippen LogP contribution < -0.4 is 0 Å². The molecule has 0 bridgehead atoms. The molecule has 0 aliphatic heterocycles. The van der Waals surface area contributed by atoms with Gasteiger partial charge in [-0.15, -0.1) is 0 Å². The monoisotopic (exact) mass is 502 g/mol. The maximum absolute atomic E-state index is 9.99. The Morgan fingerprint density at radius 3 is 1.20 bits per heavy atom. The summed E-state index contributed by atoms with van der Waals surface area (Å²) in [5.74, 6) is 0. The van der Waals surface area contributed by atoms with Crippen molar-refractivity contribution in [2.45, 2.75) is 148 Å². The van der Waals surface area contributed by atoms with Crippen LogP contribution in [0.5, 0.6) is 0 Å². The zero-order valence-electron chi connectivity index (χ0n) is 23.5. The van der Waals surface area contributed by atoms with Gasteiger partial charge in [0.1, 0.15) is 0 Å². The van der Waals surface area contributed by atoms with Crippen LogP contribution in [0.15, 0.2) is 0 Å². The zero-order chi connectivity index (χ0) is 25.5. The van der Waals surface area contributed by atoms with Crippen LogP contribution >= 0.6 is 0 Å². The molecule has 0 aromatic rings. The van der Waals surface area contributed by atoms with Gasteiger partial charge in [-0.2, -0.15) is 0 Å². The molecule has 0 aliphatic carbocycles. The first-order valence-corrected chi connectivity index (χ1v) is 15.3. The van der Waals surface area contributed by atoms with Crippen LogP contribution in [0.4, 0.5) is 0 Å². The number of aliphatic hydroxyl groups is 2. The molecule has 1 unspecified atom stereocenters. The zero-order valence-corrected chi connectivity index (χ0v) is 23.5. The second-order valence-electron chi connectivity index (χ2n) is 10.2. The average molecular weight is 503 g/mol. The van der Waals surface area contributed by atoms with Crippen LogP contribution in [-0.2, 0) is 14.2 Å². The van der Waals surface area contributed by atoms with Gasteiger partial charge in [-0.05, 0) is 6.42 Å². The molecule has 0 heterocycles. The first kappa shape index (κ1) is 34.8. The molecule has 0 amide bonds. The lowest BCUT2D eigenvalue weighted by atomic mass is 10.0. The molecule has 1 atom stereocenters. The van der Waals surface area contributed by atoms with Crippen molar-refractivity contribution in [2.75, 3.05) is 46.2 Å². The summed E-state index contributed by atoms with van der Waals surface area (Å²) >= 11 is 0. The van der Waals surface area contributed by atoms with Gasteiger partial charge in [0.25, 0.3) is 0 Å². The molecule has 0 aromatic carbocycles. The van der Waals surface area contributed by atoms with E-state index in [4.69, 9.17) is 19.3 Å². The van der Waals surface area contributed by atoms with Crippen LogP contribution in [0.3, 0.4) is 0 Å². The topological polar surface area (TPSA) is 68.2 Å². The van der Waals surface area contributed by atoms with Gasteiger partial charge in [-0.25, -0.2) is 0 Å². The molecule has 5 nitrogen and oxygen atoms in total. The highest BCUT2D eigenvalue weighted by Gasteiger charge is 2.04. The lowest BCUT2D eigenvalue weighted by Crippen LogP contribution is -2.18. The predicted octanol–water partition coefficient (Wildman–Crippen LogP) is 7.60. The van der Waals surface area contributed by atoms with E-state index in [0.29, 0.717) is 39.6 Å². The molecule has 0 saturated carbocycles. The van der Waals surface area contributed by atoms with Crippen LogP contribution in [0.25, 0.3) is 0 Å². The Morgan fingerprint density at radius 1 is 0.457 bits per heavy atom. The van der Waals surface area contributed by atoms with Gasteiger partial charge >= 0.3 is 0 Å². The maximum Gasteiger partial charge on any atom is 0.0773 e. The summed E-state index contributed by atoms with van der Waals surface area (Å²) in [5.41, 5.74) is 0. The van der Waals surface area contributed by atoms with Crippen molar-refractivity contribution in [3.05, 3.63) is 0 Å². The third kappa shape index (κ3) is 31.8. The molecular formula is C30H62O5. The quantitative estimate of drug-likeness (QED) is 0.0955.